The number of carbonyl (C=O) groups is 1. The summed E-state index contributed by atoms with van der Waals surface area (Å²) in [6, 6.07) is 0. The Bertz CT molecular complexity index is 584. The number of hydrogen-bond acceptors (Lipinski definition) is 5. The SMILES string of the molecule is CCn1nc(C)c([N+](=O)[O-])c1NC(C)(C(=O)O)C(F)(F)F. The average molecular weight is 310 g/mol. The molecule has 1 unspecified atom stereocenters. The first-order valence-electron chi connectivity index (χ1n) is 5.75. The van der Waals surface area contributed by atoms with Crippen LogP contribution in [0.5, 0.6) is 0 Å². The zero-order chi connectivity index (χ0) is 16.6. The molecule has 0 fully saturated rings. The second-order valence-electron chi connectivity index (χ2n) is 4.41. The number of anilines is 1. The molecule has 0 saturated heterocycles. The molecule has 11 heteroatoms. The number of nitrogens with zero attached hydrogens (tertiary/aromatic N) is 3. The highest BCUT2D eigenvalue weighted by molar-refractivity contribution is 5.84. The van der Waals surface area contributed by atoms with Gasteiger partial charge in [0.25, 0.3) is 0 Å². The van der Waals surface area contributed by atoms with Crippen molar-refractivity contribution in [2.75, 3.05) is 5.32 Å². The molecule has 8 nitrogen and oxygen atoms in total. The van der Waals surface area contributed by atoms with Crippen molar-refractivity contribution in [1.29, 1.82) is 0 Å². The summed E-state index contributed by atoms with van der Waals surface area (Å²) in [6.45, 7) is 3.18. The first kappa shape index (κ1) is 16.7. The first-order valence-corrected chi connectivity index (χ1v) is 5.75. The molecule has 0 amide bonds. The van der Waals surface area contributed by atoms with Crippen LogP contribution < -0.4 is 5.32 Å². The molecule has 118 valence electrons. The van der Waals surface area contributed by atoms with Crippen molar-refractivity contribution < 1.29 is 28.0 Å². The zero-order valence-electron chi connectivity index (χ0n) is 11.4. The number of carboxylic acids is 1. The molecular formula is C10H13F3N4O4. The number of halogens is 3. The molecule has 1 aromatic heterocycles. The van der Waals surface area contributed by atoms with Crippen LogP contribution in [-0.2, 0) is 11.3 Å². The van der Waals surface area contributed by atoms with E-state index in [-0.39, 0.29) is 12.2 Å². The van der Waals surface area contributed by atoms with Crippen LogP contribution in [0.4, 0.5) is 24.7 Å². The quantitative estimate of drug-likeness (QED) is 0.635. The molecule has 2 N–H and O–H groups in total. The molecule has 0 aromatic carbocycles. The predicted octanol–water partition coefficient (Wildman–Crippen LogP) is 1.94. The van der Waals surface area contributed by atoms with Crippen LogP contribution in [0.15, 0.2) is 0 Å². The van der Waals surface area contributed by atoms with Gasteiger partial charge in [0.15, 0.2) is 0 Å². The third-order valence-corrected chi connectivity index (χ3v) is 2.94. The molecule has 0 bridgehead atoms. The Labute approximate surface area is 116 Å². The fourth-order valence-corrected chi connectivity index (χ4v) is 1.63. The summed E-state index contributed by atoms with van der Waals surface area (Å²) in [5.74, 6) is -2.80. The summed E-state index contributed by atoms with van der Waals surface area (Å²) in [5, 5.41) is 25.3. The van der Waals surface area contributed by atoms with Gasteiger partial charge in [0.1, 0.15) is 5.69 Å². The first-order chi connectivity index (χ1) is 9.45. The number of aliphatic carboxylic acids is 1. The van der Waals surface area contributed by atoms with Crippen LogP contribution in [0.3, 0.4) is 0 Å². The van der Waals surface area contributed by atoms with Gasteiger partial charge in [-0.1, -0.05) is 0 Å². The minimum atomic E-state index is -5.16. The van der Waals surface area contributed by atoms with E-state index in [0.29, 0.717) is 6.92 Å². The number of carboxylic acid groups (broad SMARTS) is 1. The van der Waals surface area contributed by atoms with Crippen molar-refractivity contribution in [2.24, 2.45) is 0 Å². The number of aromatic nitrogens is 2. The van der Waals surface area contributed by atoms with Gasteiger partial charge in [-0.3, -0.25) is 10.1 Å². The molecule has 0 aliphatic heterocycles. The monoisotopic (exact) mass is 310 g/mol. The van der Waals surface area contributed by atoms with E-state index in [0.717, 1.165) is 4.68 Å². The molecular weight excluding hydrogens is 297 g/mol. The predicted molar refractivity (Wildman–Crippen MR) is 65.0 cm³/mol. The smallest absolute Gasteiger partial charge is 0.422 e. The lowest BCUT2D eigenvalue weighted by molar-refractivity contribution is -0.384. The van der Waals surface area contributed by atoms with E-state index in [2.05, 4.69) is 5.10 Å². The molecule has 1 heterocycles. The van der Waals surface area contributed by atoms with Gasteiger partial charge in [-0.05, 0) is 20.8 Å². The van der Waals surface area contributed by atoms with E-state index in [4.69, 9.17) is 5.11 Å². The van der Waals surface area contributed by atoms with Crippen LogP contribution >= 0.6 is 0 Å². The van der Waals surface area contributed by atoms with E-state index >= 15 is 0 Å². The van der Waals surface area contributed by atoms with Crippen LogP contribution in [0.25, 0.3) is 0 Å². The molecule has 1 aromatic rings. The lowest BCUT2D eigenvalue weighted by atomic mass is 10.0. The molecule has 1 atom stereocenters. The van der Waals surface area contributed by atoms with E-state index < -0.39 is 34.1 Å². The van der Waals surface area contributed by atoms with E-state index in [9.17, 15) is 28.1 Å². The number of hydrogen-bond donors (Lipinski definition) is 2. The summed E-state index contributed by atoms with van der Waals surface area (Å²) in [6.07, 6.45) is -5.16. The normalized spacial score (nSPS) is 14.6. The summed E-state index contributed by atoms with van der Waals surface area (Å²) < 4.78 is 39.8. The third kappa shape index (κ3) is 2.76. The topological polar surface area (TPSA) is 110 Å². The molecule has 21 heavy (non-hydrogen) atoms. The Morgan fingerprint density at radius 1 is 1.52 bits per heavy atom. The maximum Gasteiger partial charge on any atom is 0.422 e. The summed E-state index contributed by atoms with van der Waals surface area (Å²) in [5.41, 5.74) is -4.18. The fourth-order valence-electron chi connectivity index (χ4n) is 1.63. The van der Waals surface area contributed by atoms with Crippen molar-refractivity contribution in [3.8, 4) is 0 Å². The van der Waals surface area contributed by atoms with Gasteiger partial charge in [0.05, 0.1) is 4.92 Å². The molecule has 0 aliphatic rings. The lowest BCUT2D eigenvalue weighted by Crippen LogP contribution is -2.56. The van der Waals surface area contributed by atoms with Gasteiger partial charge < -0.3 is 10.4 Å². The molecule has 0 spiro atoms. The van der Waals surface area contributed by atoms with Crippen molar-refractivity contribution in [1.82, 2.24) is 9.78 Å². The Balaban J connectivity index is 3.47. The summed E-state index contributed by atoms with van der Waals surface area (Å²) in [4.78, 5) is 21.0. The number of nitro groups is 1. The van der Waals surface area contributed by atoms with Crippen LogP contribution in [0.2, 0.25) is 0 Å². The van der Waals surface area contributed by atoms with Gasteiger partial charge in [-0.25, -0.2) is 9.48 Å². The third-order valence-electron chi connectivity index (χ3n) is 2.94. The lowest BCUT2D eigenvalue weighted by Gasteiger charge is -2.29. The van der Waals surface area contributed by atoms with Gasteiger partial charge in [-0.15, -0.1) is 0 Å². The largest absolute Gasteiger partial charge is 0.479 e. The van der Waals surface area contributed by atoms with Crippen LogP contribution in [0.1, 0.15) is 19.5 Å². The highest BCUT2D eigenvalue weighted by atomic mass is 19.4. The van der Waals surface area contributed by atoms with E-state index in [1.54, 1.807) is 5.32 Å². The van der Waals surface area contributed by atoms with Gasteiger partial charge in [0, 0.05) is 6.54 Å². The second-order valence-corrected chi connectivity index (χ2v) is 4.41. The van der Waals surface area contributed by atoms with Gasteiger partial charge >= 0.3 is 17.8 Å². The molecule has 0 radical (unpaired) electrons. The molecule has 1 rings (SSSR count). The average Bonchev–Trinajstić information content (AvgIpc) is 2.63. The summed E-state index contributed by atoms with van der Waals surface area (Å²) >= 11 is 0. The Morgan fingerprint density at radius 3 is 2.38 bits per heavy atom. The van der Waals surface area contributed by atoms with E-state index in [1.807, 2.05) is 0 Å². The number of alkyl halides is 3. The Morgan fingerprint density at radius 2 is 2.05 bits per heavy atom. The second kappa shape index (κ2) is 5.22. The van der Waals surface area contributed by atoms with Crippen molar-refractivity contribution in [3.05, 3.63) is 15.8 Å². The molecule has 0 aliphatic carbocycles. The van der Waals surface area contributed by atoms with Gasteiger partial charge in [-0.2, -0.15) is 18.3 Å². The standard InChI is InChI=1S/C10H13F3N4O4/c1-4-16-7(6(17(20)21)5(2)15-16)14-9(3,8(18)19)10(11,12)13/h14H,4H2,1-3H3,(H,18,19). The number of nitrogens with one attached hydrogen (secondary N) is 1. The van der Waals surface area contributed by atoms with E-state index in [1.165, 1.54) is 13.8 Å². The van der Waals surface area contributed by atoms with Gasteiger partial charge in [0.2, 0.25) is 11.4 Å². The van der Waals surface area contributed by atoms with Crippen LogP contribution in [0, 0.1) is 17.0 Å². The minimum absolute atomic E-state index is 0.0323. The van der Waals surface area contributed by atoms with Crippen LogP contribution in [-0.4, -0.2) is 37.5 Å². The maximum absolute atomic E-state index is 13.0. The zero-order valence-corrected chi connectivity index (χ0v) is 11.4. The summed E-state index contributed by atoms with van der Waals surface area (Å²) in [7, 11) is 0. The highest BCUT2D eigenvalue weighted by Gasteiger charge is 2.58. The molecule has 0 saturated carbocycles. The Hall–Kier alpha value is -2.33. The van der Waals surface area contributed by atoms with Crippen molar-refractivity contribution in [2.45, 2.75) is 39.0 Å². The Kier molecular flexibility index (Phi) is 4.16. The number of rotatable bonds is 5. The highest BCUT2D eigenvalue weighted by Crippen LogP contribution is 2.37. The number of aryl methyl sites for hydroxylation is 2. The van der Waals surface area contributed by atoms with Crippen molar-refractivity contribution >= 4 is 17.5 Å². The fraction of sp³-hybridized carbons (Fsp3) is 0.600. The van der Waals surface area contributed by atoms with Crippen molar-refractivity contribution in [3.63, 3.8) is 0 Å². The maximum atomic E-state index is 13.0. The minimum Gasteiger partial charge on any atom is -0.479 e.